The van der Waals surface area contributed by atoms with Crippen molar-refractivity contribution in [1.82, 2.24) is 15.1 Å². The average molecular weight is 371 g/mol. The fourth-order valence-electron chi connectivity index (χ4n) is 3.56. The first-order valence-electron chi connectivity index (χ1n) is 9.12. The molecule has 0 saturated heterocycles. The van der Waals surface area contributed by atoms with E-state index in [1.165, 1.54) is 16.8 Å². The summed E-state index contributed by atoms with van der Waals surface area (Å²) in [5.74, 6) is 0.504. The Morgan fingerprint density at radius 3 is 2.48 bits per heavy atom. The van der Waals surface area contributed by atoms with Gasteiger partial charge in [0.1, 0.15) is 11.4 Å². The Labute approximate surface area is 158 Å². The number of hydrogen-bond donors (Lipinski definition) is 1. The van der Waals surface area contributed by atoms with Crippen LogP contribution in [0.25, 0.3) is 0 Å². The van der Waals surface area contributed by atoms with Gasteiger partial charge in [-0.1, -0.05) is 25.0 Å². The van der Waals surface area contributed by atoms with E-state index in [1.54, 1.807) is 14.2 Å². The Morgan fingerprint density at radius 2 is 1.85 bits per heavy atom. The van der Waals surface area contributed by atoms with Crippen molar-refractivity contribution < 1.29 is 14.3 Å². The third-order valence-electron chi connectivity index (χ3n) is 5.06. The third-order valence-corrected chi connectivity index (χ3v) is 5.06. The van der Waals surface area contributed by atoms with Crippen LogP contribution >= 0.6 is 0 Å². The number of hydrogen-bond acceptors (Lipinski definition) is 5. The topological polar surface area (TPSA) is 82.5 Å². The van der Waals surface area contributed by atoms with Crippen LogP contribution in [-0.2, 0) is 16.8 Å². The summed E-state index contributed by atoms with van der Waals surface area (Å²) in [6, 6.07) is 10.6. The van der Waals surface area contributed by atoms with Crippen molar-refractivity contribution in [2.24, 2.45) is 0 Å². The zero-order valence-electron chi connectivity index (χ0n) is 15.7. The largest absolute Gasteiger partial charge is 0.497 e. The van der Waals surface area contributed by atoms with Crippen LogP contribution in [0.1, 0.15) is 41.7 Å². The summed E-state index contributed by atoms with van der Waals surface area (Å²) in [5, 5.41) is 7.37. The molecule has 0 unspecified atom stereocenters. The van der Waals surface area contributed by atoms with Crippen molar-refractivity contribution >= 4 is 5.91 Å². The molecule has 1 saturated carbocycles. The number of carbonyl (C=O) groups is 1. The van der Waals surface area contributed by atoms with Gasteiger partial charge in [-0.05, 0) is 36.6 Å². The Kier molecular flexibility index (Phi) is 5.91. The molecular formula is C20H25N3O4. The highest BCUT2D eigenvalue weighted by Crippen LogP contribution is 2.39. The SMILES string of the molecule is COCCn1nc(C(=O)NC2(c3ccc(OC)cc3)CCCC2)ccc1=O. The molecule has 0 radical (unpaired) electrons. The second kappa shape index (κ2) is 8.35. The molecular weight excluding hydrogens is 346 g/mol. The molecule has 0 bridgehead atoms. The molecule has 1 aliphatic rings. The molecule has 1 fully saturated rings. The number of nitrogens with zero attached hydrogens (tertiary/aromatic N) is 2. The lowest BCUT2D eigenvalue weighted by molar-refractivity contribution is 0.0889. The summed E-state index contributed by atoms with van der Waals surface area (Å²) in [4.78, 5) is 24.8. The van der Waals surface area contributed by atoms with Crippen LogP contribution in [0.4, 0.5) is 0 Å². The predicted molar refractivity (Wildman–Crippen MR) is 101 cm³/mol. The highest BCUT2D eigenvalue weighted by molar-refractivity contribution is 5.92. The van der Waals surface area contributed by atoms with Crippen LogP contribution in [0.5, 0.6) is 5.75 Å². The van der Waals surface area contributed by atoms with Crippen LogP contribution in [0.15, 0.2) is 41.2 Å². The number of ether oxygens (including phenoxy) is 2. The van der Waals surface area contributed by atoms with Gasteiger partial charge in [0.15, 0.2) is 0 Å². The lowest BCUT2D eigenvalue weighted by atomic mass is 9.88. The number of nitrogens with one attached hydrogen (secondary N) is 1. The molecule has 7 nitrogen and oxygen atoms in total. The quantitative estimate of drug-likeness (QED) is 0.806. The Bertz CT molecular complexity index is 839. The molecule has 1 N–H and O–H groups in total. The molecule has 0 aliphatic heterocycles. The summed E-state index contributed by atoms with van der Waals surface area (Å²) in [6.07, 6.45) is 3.84. The fraction of sp³-hybridized carbons (Fsp3) is 0.450. The van der Waals surface area contributed by atoms with Crippen molar-refractivity contribution in [3.63, 3.8) is 0 Å². The number of rotatable bonds is 7. The zero-order chi connectivity index (χ0) is 19.3. The Morgan fingerprint density at radius 1 is 1.15 bits per heavy atom. The molecule has 0 atom stereocenters. The monoisotopic (exact) mass is 371 g/mol. The lowest BCUT2D eigenvalue weighted by Crippen LogP contribution is -2.44. The van der Waals surface area contributed by atoms with E-state index in [9.17, 15) is 9.59 Å². The molecule has 2 aromatic rings. The molecule has 144 valence electrons. The smallest absolute Gasteiger partial charge is 0.272 e. The van der Waals surface area contributed by atoms with Gasteiger partial charge in [0.2, 0.25) is 0 Å². The second-order valence-corrected chi connectivity index (χ2v) is 6.74. The Hall–Kier alpha value is -2.67. The maximum absolute atomic E-state index is 12.9. The normalized spacial score (nSPS) is 15.5. The van der Waals surface area contributed by atoms with E-state index in [0.717, 1.165) is 37.0 Å². The first-order valence-corrected chi connectivity index (χ1v) is 9.12. The van der Waals surface area contributed by atoms with E-state index >= 15 is 0 Å². The molecule has 0 spiro atoms. The predicted octanol–water partition coefficient (Wildman–Crippen LogP) is 2.10. The zero-order valence-corrected chi connectivity index (χ0v) is 15.7. The first-order chi connectivity index (χ1) is 13.1. The molecule has 1 heterocycles. The molecule has 1 aromatic carbocycles. The molecule has 7 heteroatoms. The van der Waals surface area contributed by atoms with E-state index in [0.29, 0.717) is 13.2 Å². The van der Waals surface area contributed by atoms with Gasteiger partial charge < -0.3 is 14.8 Å². The van der Waals surface area contributed by atoms with Crippen molar-refractivity contribution in [1.29, 1.82) is 0 Å². The summed E-state index contributed by atoms with van der Waals surface area (Å²) in [6.45, 7) is 0.661. The van der Waals surface area contributed by atoms with Crippen LogP contribution in [0.2, 0.25) is 0 Å². The number of aromatic nitrogens is 2. The number of methoxy groups -OCH3 is 2. The number of amides is 1. The minimum absolute atomic E-state index is 0.227. The Balaban J connectivity index is 1.84. The average Bonchev–Trinajstić information content (AvgIpc) is 3.17. The molecule has 1 aromatic heterocycles. The number of carbonyl (C=O) groups excluding carboxylic acids is 1. The molecule has 1 amide bonds. The molecule has 1 aliphatic carbocycles. The minimum Gasteiger partial charge on any atom is -0.497 e. The van der Waals surface area contributed by atoms with Gasteiger partial charge in [-0.2, -0.15) is 5.10 Å². The molecule has 27 heavy (non-hydrogen) atoms. The van der Waals surface area contributed by atoms with E-state index in [1.807, 2.05) is 24.3 Å². The third kappa shape index (κ3) is 4.19. The van der Waals surface area contributed by atoms with Crippen molar-refractivity contribution in [3.05, 3.63) is 58.0 Å². The van der Waals surface area contributed by atoms with Crippen LogP contribution in [0.3, 0.4) is 0 Å². The van der Waals surface area contributed by atoms with E-state index < -0.39 is 5.54 Å². The summed E-state index contributed by atoms with van der Waals surface area (Å²) in [5.41, 5.74) is 0.611. The highest BCUT2D eigenvalue weighted by atomic mass is 16.5. The summed E-state index contributed by atoms with van der Waals surface area (Å²) < 4.78 is 11.5. The van der Waals surface area contributed by atoms with Crippen molar-refractivity contribution in [3.8, 4) is 5.75 Å². The molecule has 3 rings (SSSR count). The summed E-state index contributed by atoms with van der Waals surface area (Å²) >= 11 is 0. The minimum atomic E-state index is -0.418. The maximum Gasteiger partial charge on any atom is 0.272 e. The van der Waals surface area contributed by atoms with Gasteiger partial charge in [-0.3, -0.25) is 9.59 Å². The fourth-order valence-corrected chi connectivity index (χ4v) is 3.56. The van der Waals surface area contributed by atoms with Gasteiger partial charge in [0.05, 0.1) is 25.8 Å². The van der Waals surface area contributed by atoms with Gasteiger partial charge in [-0.25, -0.2) is 4.68 Å². The van der Waals surface area contributed by atoms with E-state index in [4.69, 9.17) is 9.47 Å². The van der Waals surface area contributed by atoms with Gasteiger partial charge in [0, 0.05) is 13.2 Å². The van der Waals surface area contributed by atoms with Gasteiger partial charge >= 0.3 is 0 Å². The summed E-state index contributed by atoms with van der Waals surface area (Å²) in [7, 11) is 3.19. The van der Waals surface area contributed by atoms with Crippen LogP contribution in [0, 0.1) is 0 Å². The van der Waals surface area contributed by atoms with E-state index in [-0.39, 0.29) is 17.2 Å². The lowest BCUT2D eigenvalue weighted by Gasteiger charge is -2.31. The highest BCUT2D eigenvalue weighted by Gasteiger charge is 2.37. The van der Waals surface area contributed by atoms with Crippen molar-refractivity contribution in [2.45, 2.75) is 37.8 Å². The number of benzene rings is 1. The van der Waals surface area contributed by atoms with E-state index in [2.05, 4.69) is 10.4 Å². The first kappa shape index (κ1) is 19.1. The van der Waals surface area contributed by atoms with Crippen LogP contribution < -0.4 is 15.6 Å². The van der Waals surface area contributed by atoms with Crippen molar-refractivity contribution in [2.75, 3.05) is 20.8 Å². The van der Waals surface area contributed by atoms with Crippen LogP contribution in [-0.4, -0.2) is 36.5 Å². The van der Waals surface area contributed by atoms with Gasteiger partial charge in [-0.15, -0.1) is 0 Å². The maximum atomic E-state index is 12.9. The second-order valence-electron chi connectivity index (χ2n) is 6.74. The standard InChI is InChI=1S/C20H25N3O4/c1-26-14-13-23-18(24)10-9-17(22-23)19(25)21-20(11-3-4-12-20)15-5-7-16(27-2)8-6-15/h5-10H,3-4,11-14H2,1-2H3,(H,21,25). The van der Waals surface area contributed by atoms with Gasteiger partial charge in [0.25, 0.3) is 11.5 Å².